The Hall–Kier alpha value is -3.27. The van der Waals surface area contributed by atoms with E-state index >= 15 is 0 Å². The normalized spacial score (nSPS) is 20.1. The predicted molar refractivity (Wildman–Crippen MR) is 131 cm³/mol. The summed E-state index contributed by atoms with van der Waals surface area (Å²) in [6, 6.07) is 17.8. The first kappa shape index (κ1) is 21.6. The van der Waals surface area contributed by atoms with Gasteiger partial charge in [0, 0.05) is 43.3 Å². The number of anilines is 3. The number of amidine groups is 1. The zero-order chi connectivity index (χ0) is 22.6. The van der Waals surface area contributed by atoms with E-state index in [2.05, 4.69) is 48.0 Å². The number of likely N-dealkylation sites (N-methyl/N-ethyl adjacent to an activating group) is 1. The molecule has 0 spiro atoms. The van der Waals surface area contributed by atoms with Gasteiger partial charge in [-0.25, -0.2) is 5.43 Å². The van der Waals surface area contributed by atoms with Crippen LogP contribution in [0, 0.1) is 0 Å². The Labute approximate surface area is 197 Å². The van der Waals surface area contributed by atoms with Gasteiger partial charge in [-0.15, -0.1) is 0 Å². The molecule has 2 saturated heterocycles. The number of benzene rings is 2. The smallest absolute Gasteiger partial charge is 0.257 e. The van der Waals surface area contributed by atoms with Crippen molar-refractivity contribution in [2.45, 2.75) is 12.5 Å². The second kappa shape index (κ2) is 9.70. The maximum atomic E-state index is 6.02. The first-order valence-corrected chi connectivity index (χ1v) is 11.4. The number of hydrogen-bond acceptors (Lipinski definition) is 8. The SMILES string of the molecule is CN1CCN(c2nc(N=C3CC(c4ccc(Cl)cc4)NN3)nc(Nc3ccccc3)n2)CC1. The summed E-state index contributed by atoms with van der Waals surface area (Å²) in [5.41, 5.74) is 8.49. The lowest BCUT2D eigenvalue weighted by Gasteiger charge is -2.32. The van der Waals surface area contributed by atoms with E-state index in [1.165, 1.54) is 0 Å². The van der Waals surface area contributed by atoms with Crippen molar-refractivity contribution in [2.75, 3.05) is 43.4 Å². The molecule has 1 unspecified atom stereocenters. The number of halogens is 1. The third-order valence-electron chi connectivity index (χ3n) is 5.72. The first-order valence-electron chi connectivity index (χ1n) is 11.0. The van der Waals surface area contributed by atoms with Gasteiger partial charge in [0.05, 0.1) is 6.04 Å². The van der Waals surface area contributed by atoms with Crippen molar-refractivity contribution in [3.63, 3.8) is 0 Å². The van der Waals surface area contributed by atoms with Crippen molar-refractivity contribution in [3.05, 3.63) is 65.2 Å². The molecule has 0 bridgehead atoms. The van der Waals surface area contributed by atoms with Crippen molar-refractivity contribution in [1.82, 2.24) is 30.7 Å². The second-order valence-corrected chi connectivity index (χ2v) is 8.61. The van der Waals surface area contributed by atoms with Crippen LogP contribution in [0.1, 0.15) is 18.0 Å². The average molecular weight is 464 g/mol. The highest BCUT2D eigenvalue weighted by Crippen LogP contribution is 2.24. The van der Waals surface area contributed by atoms with Gasteiger partial charge < -0.3 is 20.5 Å². The summed E-state index contributed by atoms with van der Waals surface area (Å²) in [5.74, 6) is 2.26. The minimum atomic E-state index is 0.0990. The zero-order valence-corrected chi connectivity index (χ0v) is 19.1. The van der Waals surface area contributed by atoms with Gasteiger partial charge in [-0.05, 0) is 36.9 Å². The van der Waals surface area contributed by atoms with E-state index in [0.717, 1.165) is 48.3 Å². The molecule has 0 saturated carbocycles. The maximum Gasteiger partial charge on any atom is 0.257 e. The van der Waals surface area contributed by atoms with E-state index in [0.29, 0.717) is 24.3 Å². The molecule has 170 valence electrons. The van der Waals surface area contributed by atoms with Crippen molar-refractivity contribution in [1.29, 1.82) is 0 Å². The van der Waals surface area contributed by atoms with Gasteiger partial charge in [0.25, 0.3) is 5.95 Å². The summed E-state index contributed by atoms with van der Waals surface area (Å²) in [6.07, 6.45) is 0.693. The monoisotopic (exact) mass is 463 g/mol. The van der Waals surface area contributed by atoms with Crippen LogP contribution in [0.2, 0.25) is 5.02 Å². The summed E-state index contributed by atoms with van der Waals surface area (Å²) in [6.45, 7) is 3.65. The Morgan fingerprint density at radius 1 is 0.970 bits per heavy atom. The number of hydrazine groups is 1. The maximum absolute atomic E-state index is 6.02. The highest BCUT2D eigenvalue weighted by Gasteiger charge is 2.23. The lowest BCUT2D eigenvalue weighted by molar-refractivity contribution is 0.311. The van der Waals surface area contributed by atoms with E-state index < -0.39 is 0 Å². The molecule has 3 heterocycles. The molecule has 3 aromatic rings. The minimum Gasteiger partial charge on any atom is -0.338 e. The Balaban J connectivity index is 1.40. The molecule has 2 aliphatic rings. The molecular weight excluding hydrogens is 438 g/mol. The molecule has 0 radical (unpaired) electrons. The highest BCUT2D eigenvalue weighted by molar-refractivity contribution is 6.30. The van der Waals surface area contributed by atoms with Gasteiger partial charge in [-0.3, -0.25) is 0 Å². The third-order valence-corrected chi connectivity index (χ3v) is 5.98. The van der Waals surface area contributed by atoms with E-state index in [9.17, 15) is 0 Å². The van der Waals surface area contributed by atoms with Crippen molar-refractivity contribution >= 4 is 41.0 Å². The lowest BCUT2D eigenvalue weighted by atomic mass is 10.1. The predicted octanol–water partition coefficient (Wildman–Crippen LogP) is 3.29. The highest BCUT2D eigenvalue weighted by atomic mass is 35.5. The Kier molecular flexibility index (Phi) is 6.34. The number of rotatable bonds is 5. The molecule has 33 heavy (non-hydrogen) atoms. The van der Waals surface area contributed by atoms with Crippen LogP contribution in [-0.4, -0.2) is 58.9 Å². The van der Waals surface area contributed by atoms with Gasteiger partial charge >= 0.3 is 0 Å². The van der Waals surface area contributed by atoms with Gasteiger partial charge in [0.15, 0.2) is 0 Å². The average Bonchev–Trinajstić information content (AvgIpc) is 3.29. The molecule has 9 nitrogen and oxygen atoms in total. The molecule has 2 aromatic carbocycles. The molecule has 2 fully saturated rings. The van der Waals surface area contributed by atoms with Crippen molar-refractivity contribution in [3.8, 4) is 0 Å². The lowest BCUT2D eigenvalue weighted by Crippen LogP contribution is -2.45. The summed E-state index contributed by atoms with van der Waals surface area (Å²) in [7, 11) is 2.13. The molecule has 0 aliphatic carbocycles. The van der Waals surface area contributed by atoms with Crippen LogP contribution in [0.4, 0.5) is 23.5 Å². The molecule has 1 atom stereocenters. The van der Waals surface area contributed by atoms with Gasteiger partial charge in [0.2, 0.25) is 11.9 Å². The van der Waals surface area contributed by atoms with E-state index in [1.807, 2.05) is 54.6 Å². The Morgan fingerprint density at radius 2 is 1.73 bits per heavy atom. The van der Waals surface area contributed by atoms with E-state index in [1.54, 1.807) is 0 Å². The molecule has 2 aliphatic heterocycles. The van der Waals surface area contributed by atoms with E-state index in [-0.39, 0.29) is 6.04 Å². The van der Waals surface area contributed by atoms with Gasteiger partial charge in [-0.1, -0.05) is 41.9 Å². The van der Waals surface area contributed by atoms with Crippen LogP contribution in [-0.2, 0) is 0 Å². The van der Waals surface area contributed by atoms with Crippen molar-refractivity contribution < 1.29 is 0 Å². The molecule has 1 aromatic heterocycles. The fourth-order valence-corrected chi connectivity index (χ4v) is 3.94. The summed E-state index contributed by atoms with van der Waals surface area (Å²) >= 11 is 6.02. The number of aromatic nitrogens is 3. The number of para-hydroxylation sites is 1. The largest absolute Gasteiger partial charge is 0.338 e. The number of nitrogens with one attached hydrogen (secondary N) is 3. The quantitative estimate of drug-likeness (QED) is 0.530. The van der Waals surface area contributed by atoms with Gasteiger partial charge in [0.1, 0.15) is 5.84 Å². The van der Waals surface area contributed by atoms with E-state index in [4.69, 9.17) is 16.6 Å². The Morgan fingerprint density at radius 3 is 2.48 bits per heavy atom. The van der Waals surface area contributed by atoms with Gasteiger partial charge in [-0.2, -0.15) is 19.9 Å². The summed E-state index contributed by atoms with van der Waals surface area (Å²) in [5, 5.41) is 4.00. The van der Waals surface area contributed by atoms with Crippen LogP contribution in [0.15, 0.2) is 59.6 Å². The van der Waals surface area contributed by atoms with Crippen LogP contribution in [0.5, 0.6) is 0 Å². The van der Waals surface area contributed by atoms with Crippen LogP contribution in [0.25, 0.3) is 0 Å². The molecule has 0 amide bonds. The van der Waals surface area contributed by atoms with Crippen LogP contribution in [0.3, 0.4) is 0 Å². The van der Waals surface area contributed by atoms with Crippen molar-refractivity contribution in [2.24, 2.45) is 4.99 Å². The second-order valence-electron chi connectivity index (χ2n) is 8.18. The standard InChI is InChI=1S/C23H26ClN9/c1-32-11-13-33(14-12-32)23-28-21(25-18-5-3-2-4-6-18)27-22(29-23)26-20-15-19(30-31-20)16-7-9-17(24)10-8-16/h2-10,19,30H,11-15H2,1H3,(H2,25,26,27,28,29,31). The zero-order valence-electron chi connectivity index (χ0n) is 18.4. The molecule has 5 rings (SSSR count). The molecular formula is C23H26ClN9. The fourth-order valence-electron chi connectivity index (χ4n) is 3.81. The summed E-state index contributed by atoms with van der Waals surface area (Å²) in [4.78, 5) is 23.1. The van der Waals surface area contributed by atoms with Crippen LogP contribution >= 0.6 is 11.6 Å². The summed E-state index contributed by atoms with van der Waals surface area (Å²) < 4.78 is 0. The number of aliphatic imine (C=N–C) groups is 1. The first-order chi connectivity index (χ1) is 16.1. The Bertz CT molecular complexity index is 1110. The number of piperazine rings is 1. The topological polar surface area (TPSA) is 93.6 Å². The minimum absolute atomic E-state index is 0.0990. The number of nitrogens with zero attached hydrogens (tertiary/aromatic N) is 6. The third kappa shape index (κ3) is 5.39. The molecule has 10 heteroatoms. The fraction of sp³-hybridized carbons (Fsp3) is 0.304. The van der Waals surface area contributed by atoms with Crippen LogP contribution < -0.4 is 21.1 Å². The number of hydrogen-bond donors (Lipinski definition) is 3. The molecule has 3 N–H and O–H groups in total.